The highest BCUT2D eigenvalue weighted by Gasteiger charge is 2.36. The summed E-state index contributed by atoms with van der Waals surface area (Å²) in [7, 11) is 1.74. The number of nitrogens with one attached hydrogen (secondary N) is 2. The highest BCUT2D eigenvalue weighted by Crippen LogP contribution is 2.35. The lowest BCUT2D eigenvalue weighted by Gasteiger charge is -2.32. The summed E-state index contributed by atoms with van der Waals surface area (Å²) in [6.45, 7) is 4.72. The number of amides is 1. The third kappa shape index (κ3) is 6.22. The maximum atomic E-state index is 13.6. The van der Waals surface area contributed by atoms with Crippen LogP contribution in [0.1, 0.15) is 68.7 Å². The Balaban J connectivity index is 1.20. The fourth-order valence-electron chi connectivity index (χ4n) is 5.25. The van der Waals surface area contributed by atoms with Crippen molar-refractivity contribution in [3.8, 4) is 0 Å². The molecule has 3 fully saturated rings. The van der Waals surface area contributed by atoms with Gasteiger partial charge in [0.2, 0.25) is 11.9 Å². The van der Waals surface area contributed by atoms with Crippen LogP contribution in [-0.2, 0) is 11.0 Å². The van der Waals surface area contributed by atoms with Gasteiger partial charge in [-0.25, -0.2) is 4.98 Å². The van der Waals surface area contributed by atoms with Crippen molar-refractivity contribution in [2.45, 2.75) is 76.6 Å². The predicted molar refractivity (Wildman–Crippen MR) is 138 cm³/mol. The van der Waals surface area contributed by atoms with Crippen molar-refractivity contribution >= 4 is 23.4 Å². The van der Waals surface area contributed by atoms with Gasteiger partial charge in [0.1, 0.15) is 11.4 Å². The standard InChI is InChI=1S/C26H37F3N8O/c1-17-22(16-37(34-17)20-9-13-36(14-10-20)19-7-8-19)32-25-31-15-21(26(27,28)29)23(33-25)30-11-4-12-35(2)24(38)18-5-3-6-18/h15-16,18-20H,3-14H2,1-2H3,(H2,30,31,32,33). The van der Waals surface area contributed by atoms with Crippen LogP contribution < -0.4 is 10.6 Å². The van der Waals surface area contributed by atoms with Crippen molar-refractivity contribution in [1.82, 2.24) is 29.5 Å². The summed E-state index contributed by atoms with van der Waals surface area (Å²) in [5.74, 6) is 0.0123. The molecule has 0 atom stereocenters. The van der Waals surface area contributed by atoms with E-state index in [-0.39, 0.29) is 30.1 Å². The number of aromatic nitrogens is 4. The van der Waals surface area contributed by atoms with E-state index in [4.69, 9.17) is 0 Å². The molecule has 2 saturated carbocycles. The first kappa shape index (κ1) is 26.7. The SMILES string of the molecule is Cc1nn(C2CCN(C3CC3)CC2)cc1Nc1ncc(C(F)(F)F)c(NCCCN(C)C(=O)C2CCC2)n1. The number of likely N-dealkylation sites (tertiary alicyclic amines) is 1. The van der Waals surface area contributed by atoms with E-state index in [2.05, 4.69) is 30.6 Å². The number of nitrogens with zero attached hydrogens (tertiary/aromatic N) is 6. The molecule has 1 saturated heterocycles. The fourth-order valence-corrected chi connectivity index (χ4v) is 5.25. The molecule has 2 aromatic heterocycles. The average molecular weight is 535 g/mol. The summed E-state index contributed by atoms with van der Waals surface area (Å²) in [6, 6.07) is 1.07. The summed E-state index contributed by atoms with van der Waals surface area (Å²) in [4.78, 5) is 24.6. The molecule has 208 valence electrons. The second-order valence-electron chi connectivity index (χ2n) is 10.9. The van der Waals surface area contributed by atoms with Crippen LogP contribution in [0.15, 0.2) is 12.4 Å². The van der Waals surface area contributed by atoms with Crippen molar-refractivity contribution < 1.29 is 18.0 Å². The highest BCUT2D eigenvalue weighted by atomic mass is 19.4. The van der Waals surface area contributed by atoms with E-state index >= 15 is 0 Å². The molecule has 0 aromatic carbocycles. The number of rotatable bonds is 10. The van der Waals surface area contributed by atoms with Crippen LogP contribution in [0.4, 0.5) is 30.6 Å². The Labute approximate surface area is 221 Å². The van der Waals surface area contributed by atoms with Gasteiger partial charge in [-0.15, -0.1) is 0 Å². The van der Waals surface area contributed by atoms with Gasteiger partial charge in [-0.1, -0.05) is 6.42 Å². The molecule has 0 bridgehead atoms. The van der Waals surface area contributed by atoms with Gasteiger partial charge in [0.25, 0.3) is 0 Å². The number of hydrogen-bond acceptors (Lipinski definition) is 7. The van der Waals surface area contributed by atoms with E-state index in [9.17, 15) is 18.0 Å². The summed E-state index contributed by atoms with van der Waals surface area (Å²) < 4.78 is 42.9. The zero-order valence-corrected chi connectivity index (χ0v) is 22.1. The van der Waals surface area contributed by atoms with Crippen molar-refractivity contribution in [1.29, 1.82) is 0 Å². The summed E-state index contributed by atoms with van der Waals surface area (Å²) in [6.07, 6.45) is 6.21. The lowest BCUT2D eigenvalue weighted by atomic mass is 9.84. The van der Waals surface area contributed by atoms with E-state index in [1.807, 2.05) is 17.8 Å². The highest BCUT2D eigenvalue weighted by molar-refractivity contribution is 5.79. The minimum absolute atomic E-state index is 0.0731. The number of anilines is 3. The molecule has 38 heavy (non-hydrogen) atoms. The fraction of sp³-hybridized carbons (Fsp3) is 0.692. The van der Waals surface area contributed by atoms with Crippen molar-refractivity contribution in [2.75, 3.05) is 43.9 Å². The van der Waals surface area contributed by atoms with Crippen LogP contribution in [0.2, 0.25) is 0 Å². The predicted octanol–water partition coefficient (Wildman–Crippen LogP) is 4.60. The molecule has 1 amide bonds. The first-order valence-electron chi connectivity index (χ1n) is 13.7. The van der Waals surface area contributed by atoms with Gasteiger partial charge in [-0.05, 0) is 51.9 Å². The van der Waals surface area contributed by atoms with Gasteiger partial charge >= 0.3 is 6.18 Å². The van der Waals surface area contributed by atoms with Crippen LogP contribution in [0.3, 0.4) is 0 Å². The number of hydrogen-bond donors (Lipinski definition) is 2. The number of carbonyl (C=O) groups is 1. The van der Waals surface area contributed by atoms with E-state index in [0.717, 1.165) is 63.1 Å². The summed E-state index contributed by atoms with van der Waals surface area (Å²) in [5, 5.41) is 10.5. The first-order valence-corrected chi connectivity index (χ1v) is 13.7. The van der Waals surface area contributed by atoms with Gasteiger partial charge < -0.3 is 20.4 Å². The van der Waals surface area contributed by atoms with Gasteiger partial charge in [-0.3, -0.25) is 9.48 Å². The Bertz CT molecular complexity index is 1120. The number of aryl methyl sites for hydroxylation is 1. The monoisotopic (exact) mass is 534 g/mol. The molecule has 0 spiro atoms. The molecule has 3 heterocycles. The van der Waals surface area contributed by atoms with E-state index < -0.39 is 11.7 Å². The van der Waals surface area contributed by atoms with Crippen LogP contribution in [-0.4, -0.2) is 74.7 Å². The molecule has 1 aliphatic heterocycles. The molecular formula is C26H37F3N8O. The van der Waals surface area contributed by atoms with Crippen LogP contribution >= 0.6 is 0 Å². The molecule has 3 aliphatic rings. The first-order chi connectivity index (χ1) is 18.2. The minimum Gasteiger partial charge on any atom is -0.369 e. The Morgan fingerprint density at radius 3 is 2.50 bits per heavy atom. The Hall–Kier alpha value is -2.89. The van der Waals surface area contributed by atoms with E-state index in [1.165, 1.54) is 12.8 Å². The van der Waals surface area contributed by atoms with E-state index in [1.54, 1.807) is 11.9 Å². The largest absolute Gasteiger partial charge is 0.421 e. The topological polar surface area (TPSA) is 91.2 Å². The van der Waals surface area contributed by atoms with Gasteiger partial charge in [0, 0.05) is 57.6 Å². The third-order valence-electron chi connectivity index (χ3n) is 7.99. The van der Waals surface area contributed by atoms with Crippen molar-refractivity contribution in [3.63, 3.8) is 0 Å². The Morgan fingerprint density at radius 1 is 1.13 bits per heavy atom. The maximum absolute atomic E-state index is 13.6. The van der Waals surface area contributed by atoms with Crippen LogP contribution in [0, 0.1) is 12.8 Å². The molecular weight excluding hydrogens is 497 g/mol. The smallest absolute Gasteiger partial charge is 0.369 e. The number of halogens is 3. The van der Waals surface area contributed by atoms with E-state index in [0.29, 0.717) is 24.7 Å². The van der Waals surface area contributed by atoms with Gasteiger partial charge in [-0.2, -0.15) is 23.3 Å². The molecule has 12 heteroatoms. The van der Waals surface area contributed by atoms with Crippen molar-refractivity contribution in [2.24, 2.45) is 5.92 Å². The van der Waals surface area contributed by atoms with Crippen LogP contribution in [0.25, 0.3) is 0 Å². The van der Waals surface area contributed by atoms with Crippen LogP contribution in [0.5, 0.6) is 0 Å². The quantitative estimate of drug-likeness (QED) is 0.431. The molecule has 9 nitrogen and oxygen atoms in total. The molecule has 2 N–H and O–H groups in total. The number of alkyl halides is 3. The molecule has 0 radical (unpaired) electrons. The molecule has 2 aromatic rings. The number of piperidine rings is 1. The zero-order valence-electron chi connectivity index (χ0n) is 22.1. The second-order valence-corrected chi connectivity index (χ2v) is 10.9. The third-order valence-corrected chi connectivity index (χ3v) is 7.99. The molecule has 2 aliphatic carbocycles. The van der Waals surface area contributed by atoms with Gasteiger partial charge in [0.15, 0.2) is 0 Å². The average Bonchev–Trinajstić information content (AvgIpc) is 3.64. The lowest BCUT2D eigenvalue weighted by molar-refractivity contribution is -0.137. The summed E-state index contributed by atoms with van der Waals surface area (Å²) in [5.41, 5.74) is 0.500. The minimum atomic E-state index is -4.59. The van der Waals surface area contributed by atoms with Gasteiger partial charge in [0.05, 0.1) is 17.4 Å². The second kappa shape index (κ2) is 11.1. The molecule has 5 rings (SSSR count). The Morgan fingerprint density at radius 2 is 1.87 bits per heavy atom. The number of carbonyl (C=O) groups excluding carboxylic acids is 1. The zero-order chi connectivity index (χ0) is 26.9. The van der Waals surface area contributed by atoms with Crippen molar-refractivity contribution in [3.05, 3.63) is 23.7 Å². The molecule has 0 unspecified atom stereocenters. The summed E-state index contributed by atoms with van der Waals surface area (Å²) >= 11 is 0. The maximum Gasteiger partial charge on any atom is 0.421 e. The Kier molecular flexibility index (Phi) is 7.78. The lowest BCUT2D eigenvalue weighted by Crippen LogP contribution is -2.37. The normalized spacial score (nSPS) is 19.3.